The number of alkyl halides is 3. The van der Waals surface area contributed by atoms with Crippen LogP contribution in [0.15, 0.2) is 0 Å². The molecule has 0 bridgehead atoms. The molecule has 0 aliphatic heterocycles. The Balaban J connectivity index is 1.74. The third-order valence-electron chi connectivity index (χ3n) is 5.17. The Morgan fingerprint density at radius 3 is 2.00 bits per heavy atom. The van der Waals surface area contributed by atoms with E-state index < -0.39 is 12.1 Å². The van der Waals surface area contributed by atoms with Crippen molar-refractivity contribution in [3.8, 4) is 0 Å². The van der Waals surface area contributed by atoms with Crippen LogP contribution in [0.1, 0.15) is 64.2 Å². The van der Waals surface area contributed by atoms with E-state index in [1.165, 1.54) is 32.1 Å². The predicted octanol–water partition coefficient (Wildman–Crippen LogP) is 4.65. The minimum absolute atomic E-state index is 0.122. The molecule has 112 valence electrons. The maximum absolute atomic E-state index is 12.6. The standard InChI is InChI=1S/C15H26F3N/c16-15(17,18)13-8-6-12(7-9-13)14(19)10-11-4-2-1-3-5-11/h11-14H,1-10,19H2. The summed E-state index contributed by atoms with van der Waals surface area (Å²) in [7, 11) is 0. The van der Waals surface area contributed by atoms with Crippen LogP contribution < -0.4 is 5.73 Å². The Morgan fingerprint density at radius 1 is 0.895 bits per heavy atom. The molecule has 4 heteroatoms. The third-order valence-corrected chi connectivity index (χ3v) is 5.17. The number of nitrogens with two attached hydrogens (primary N) is 1. The second-order valence-corrected chi connectivity index (χ2v) is 6.56. The van der Waals surface area contributed by atoms with E-state index in [2.05, 4.69) is 0 Å². The molecule has 19 heavy (non-hydrogen) atoms. The average molecular weight is 277 g/mol. The molecule has 1 nitrogen and oxygen atoms in total. The third kappa shape index (κ3) is 4.37. The highest BCUT2D eigenvalue weighted by molar-refractivity contribution is 4.84. The van der Waals surface area contributed by atoms with Crippen LogP contribution in [0.25, 0.3) is 0 Å². The first-order valence-electron chi connectivity index (χ1n) is 7.79. The van der Waals surface area contributed by atoms with Crippen molar-refractivity contribution in [3.05, 3.63) is 0 Å². The van der Waals surface area contributed by atoms with E-state index in [1.54, 1.807) is 0 Å². The van der Waals surface area contributed by atoms with Gasteiger partial charge in [0.2, 0.25) is 0 Å². The first-order valence-corrected chi connectivity index (χ1v) is 7.79. The fourth-order valence-electron chi connectivity index (χ4n) is 3.87. The first-order chi connectivity index (χ1) is 8.97. The van der Waals surface area contributed by atoms with Gasteiger partial charge in [-0.3, -0.25) is 0 Å². The molecule has 0 saturated heterocycles. The molecule has 0 heterocycles. The quantitative estimate of drug-likeness (QED) is 0.798. The molecule has 2 aliphatic rings. The fourth-order valence-corrected chi connectivity index (χ4v) is 3.87. The van der Waals surface area contributed by atoms with Crippen LogP contribution in [0.2, 0.25) is 0 Å². The largest absolute Gasteiger partial charge is 0.391 e. The first kappa shape index (κ1) is 15.1. The Bertz CT molecular complexity index is 263. The minimum Gasteiger partial charge on any atom is -0.327 e. The summed E-state index contributed by atoms with van der Waals surface area (Å²) in [5, 5.41) is 0. The molecule has 2 N–H and O–H groups in total. The summed E-state index contributed by atoms with van der Waals surface area (Å²) in [4.78, 5) is 0. The normalized spacial score (nSPS) is 32.2. The summed E-state index contributed by atoms with van der Waals surface area (Å²) in [5.74, 6) is -0.0322. The topological polar surface area (TPSA) is 26.0 Å². The van der Waals surface area contributed by atoms with Gasteiger partial charge in [0.15, 0.2) is 0 Å². The van der Waals surface area contributed by atoms with E-state index in [4.69, 9.17) is 5.73 Å². The summed E-state index contributed by atoms with van der Waals surface area (Å²) in [6, 6.07) is 0.122. The summed E-state index contributed by atoms with van der Waals surface area (Å²) < 4.78 is 37.8. The molecule has 2 saturated carbocycles. The number of hydrogen-bond acceptors (Lipinski definition) is 1. The van der Waals surface area contributed by atoms with Gasteiger partial charge in [-0.05, 0) is 43.9 Å². The molecule has 0 amide bonds. The molecule has 0 spiro atoms. The van der Waals surface area contributed by atoms with Gasteiger partial charge in [-0.25, -0.2) is 0 Å². The molecule has 2 fully saturated rings. The van der Waals surface area contributed by atoms with Crippen LogP contribution >= 0.6 is 0 Å². The Hall–Kier alpha value is -0.250. The molecule has 0 aromatic rings. The lowest BCUT2D eigenvalue weighted by Crippen LogP contribution is -2.37. The van der Waals surface area contributed by atoms with Crippen molar-refractivity contribution in [2.45, 2.75) is 76.4 Å². The van der Waals surface area contributed by atoms with E-state index in [-0.39, 0.29) is 18.9 Å². The van der Waals surface area contributed by atoms with Gasteiger partial charge >= 0.3 is 6.18 Å². The molecule has 0 aromatic heterocycles. The van der Waals surface area contributed by atoms with Gasteiger partial charge in [0.25, 0.3) is 0 Å². The number of rotatable bonds is 3. The van der Waals surface area contributed by atoms with Crippen LogP contribution in [0.4, 0.5) is 13.2 Å². The Labute approximate surface area is 114 Å². The smallest absolute Gasteiger partial charge is 0.327 e. The molecule has 0 aromatic carbocycles. The maximum atomic E-state index is 12.6. The van der Waals surface area contributed by atoms with Crippen LogP contribution in [0.5, 0.6) is 0 Å². The van der Waals surface area contributed by atoms with Crippen LogP contribution in [-0.4, -0.2) is 12.2 Å². The molecule has 1 unspecified atom stereocenters. The fraction of sp³-hybridized carbons (Fsp3) is 1.00. The van der Waals surface area contributed by atoms with Gasteiger partial charge in [0.05, 0.1) is 5.92 Å². The lowest BCUT2D eigenvalue weighted by atomic mass is 9.75. The molecule has 1 atom stereocenters. The number of hydrogen-bond donors (Lipinski definition) is 1. The predicted molar refractivity (Wildman–Crippen MR) is 70.7 cm³/mol. The zero-order valence-corrected chi connectivity index (χ0v) is 11.6. The van der Waals surface area contributed by atoms with Crippen molar-refractivity contribution in [2.75, 3.05) is 0 Å². The molecule has 2 aliphatic carbocycles. The average Bonchev–Trinajstić information content (AvgIpc) is 2.39. The van der Waals surface area contributed by atoms with Crippen LogP contribution in [-0.2, 0) is 0 Å². The Kier molecular flexibility index (Phi) is 5.15. The zero-order valence-electron chi connectivity index (χ0n) is 11.6. The highest BCUT2D eigenvalue weighted by atomic mass is 19.4. The maximum Gasteiger partial charge on any atom is 0.391 e. The second kappa shape index (κ2) is 6.47. The van der Waals surface area contributed by atoms with Crippen LogP contribution in [0.3, 0.4) is 0 Å². The molecule has 0 radical (unpaired) electrons. The van der Waals surface area contributed by atoms with Gasteiger partial charge in [-0.1, -0.05) is 32.1 Å². The van der Waals surface area contributed by atoms with Crippen molar-refractivity contribution < 1.29 is 13.2 Å². The van der Waals surface area contributed by atoms with E-state index in [1.807, 2.05) is 0 Å². The molecular formula is C15H26F3N. The summed E-state index contributed by atoms with van der Waals surface area (Å²) in [5.41, 5.74) is 6.25. The lowest BCUT2D eigenvalue weighted by molar-refractivity contribution is -0.184. The van der Waals surface area contributed by atoms with Crippen molar-refractivity contribution >= 4 is 0 Å². The van der Waals surface area contributed by atoms with Gasteiger partial charge in [-0.15, -0.1) is 0 Å². The van der Waals surface area contributed by atoms with Gasteiger partial charge in [0.1, 0.15) is 0 Å². The van der Waals surface area contributed by atoms with Gasteiger partial charge < -0.3 is 5.73 Å². The highest BCUT2D eigenvalue weighted by Gasteiger charge is 2.42. The van der Waals surface area contributed by atoms with Crippen molar-refractivity contribution in [2.24, 2.45) is 23.5 Å². The Morgan fingerprint density at radius 2 is 1.47 bits per heavy atom. The van der Waals surface area contributed by atoms with Crippen LogP contribution in [0, 0.1) is 17.8 Å². The van der Waals surface area contributed by atoms with E-state index in [0.717, 1.165) is 12.3 Å². The van der Waals surface area contributed by atoms with E-state index in [0.29, 0.717) is 18.8 Å². The lowest BCUT2D eigenvalue weighted by Gasteiger charge is -2.35. The SMILES string of the molecule is NC(CC1CCCCC1)C1CCC(C(F)(F)F)CC1. The number of halogens is 3. The van der Waals surface area contributed by atoms with Gasteiger partial charge in [-0.2, -0.15) is 13.2 Å². The monoisotopic (exact) mass is 277 g/mol. The van der Waals surface area contributed by atoms with Crippen molar-refractivity contribution in [1.82, 2.24) is 0 Å². The summed E-state index contributed by atoms with van der Waals surface area (Å²) in [6.07, 6.45) is 5.41. The minimum atomic E-state index is -4.00. The van der Waals surface area contributed by atoms with E-state index in [9.17, 15) is 13.2 Å². The molecular weight excluding hydrogens is 251 g/mol. The van der Waals surface area contributed by atoms with E-state index >= 15 is 0 Å². The molecule has 2 rings (SSSR count). The summed E-state index contributed by atoms with van der Waals surface area (Å²) >= 11 is 0. The van der Waals surface area contributed by atoms with Crippen molar-refractivity contribution in [1.29, 1.82) is 0 Å². The van der Waals surface area contributed by atoms with Gasteiger partial charge in [0, 0.05) is 6.04 Å². The highest BCUT2D eigenvalue weighted by Crippen LogP contribution is 2.41. The summed E-state index contributed by atoms with van der Waals surface area (Å²) in [6.45, 7) is 0. The zero-order chi connectivity index (χ0) is 13.9. The van der Waals surface area contributed by atoms with Crippen molar-refractivity contribution in [3.63, 3.8) is 0 Å². The second-order valence-electron chi connectivity index (χ2n) is 6.56.